The minimum absolute atomic E-state index is 0.00874. The number of carbonyl (C=O) groups excluding carboxylic acids is 1. The highest BCUT2D eigenvalue weighted by Crippen LogP contribution is 2.18. The van der Waals surface area contributed by atoms with Crippen LogP contribution in [0, 0.1) is 10.1 Å². The molecule has 0 spiro atoms. The van der Waals surface area contributed by atoms with Gasteiger partial charge in [0, 0.05) is 30.9 Å². The predicted octanol–water partition coefficient (Wildman–Crippen LogP) is 2.84. The Labute approximate surface area is 155 Å². The fourth-order valence-corrected chi connectivity index (χ4v) is 2.48. The van der Waals surface area contributed by atoms with E-state index in [-0.39, 0.29) is 18.2 Å². The third kappa shape index (κ3) is 4.69. The Hall–Kier alpha value is -3.68. The number of amides is 1. The van der Waals surface area contributed by atoms with E-state index in [9.17, 15) is 14.9 Å². The number of hydrogen-bond donors (Lipinski definition) is 1. The number of nitro groups is 1. The quantitative estimate of drug-likeness (QED) is 0.512. The number of nitrogens with zero attached hydrogens (tertiary/aromatic N) is 3. The highest BCUT2D eigenvalue weighted by atomic mass is 16.6. The number of rotatable bonds is 7. The van der Waals surface area contributed by atoms with E-state index in [0.29, 0.717) is 17.9 Å². The molecule has 138 valence electrons. The maximum atomic E-state index is 12.3. The minimum Gasteiger partial charge on any atom is -0.489 e. The third-order valence-electron chi connectivity index (χ3n) is 3.99. The van der Waals surface area contributed by atoms with Gasteiger partial charge in [-0.15, -0.1) is 0 Å². The second-order valence-corrected chi connectivity index (χ2v) is 5.87. The van der Waals surface area contributed by atoms with E-state index in [2.05, 4.69) is 10.4 Å². The Bertz CT molecular complexity index is 950. The molecular formula is C19H18N4O4. The Morgan fingerprint density at radius 1 is 1.22 bits per heavy atom. The largest absolute Gasteiger partial charge is 0.489 e. The van der Waals surface area contributed by atoms with Crippen molar-refractivity contribution in [1.82, 2.24) is 15.1 Å². The van der Waals surface area contributed by atoms with Gasteiger partial charge < -0.3 is 10.1 Å². The molecule has 0 bridgehead atoms. The van der Waals surface area contributed by atoms with Gasteiger partial charge in [-0.2, -0.15) is 5.10 Å². The van der Waals surface area contributed by atoms with Crippen LogP contribution in [0.2, 0.25) is 0 Å². The zero-order valence-electron chi connectivity index (χ0n) is 14.7. The summed E-state index contributed by atoms with van der Waals surface area (Å²) in [5.74, 6) is 0.333. The van der Waals surface area contributed by atoms with Gasteiger partial charge in [0.15, 0.2) is 0 Å². The van der Waals surface area contributed by atoms with Crippen LogP contribution in [0.5, 0.6) is 5.75 Å². The summed E-state index contributed by atoms with van der Waals surface area (Å²) in [6.07, 6.45) is 1.68. The SMILES string of the molecule is Cn1nccc1CNC(=O)c1cccc(COc2ccc([N+](=O)[O-])cc2)c1. The van der Waals surface area contributed by atoms with Crippen molar-refractivity contribution >= 4 is 11.6 Å². The van der Waals surface area contributed by atoms with Crippen molar-refractivity contribution in [3.05, 3.63) is 87.7 Å². The van der Waals surface area contributed by atoms with Crippen LogP contribution in [0.4, 0.5) is 5.69 Å². The molecule has 27 heavy (non-hydrogen) atoms. The molecule has 0 aliphatic carbocycles. The van der Waals surface area contributed by atoms with Crippen molar-refractivity contribution in [2.24, 2.45) is 7.05 Å². The average Bonchev–Trinajstić information content (AvgIpc) is 3.10. The van der Waals surface area contributed by atoms with Crippen molar-refractivity contribution < 1.29 is 14.5 Å². The summed E-state index contributed by atoms with van der Waals surface area (Å²) in [6, 6.07) is 14.8. The second-order valence-electron chi connectivity index (χ2n) is 5.87. The molecule has 2 aromatic carbocycles. The lowest BCUT2D eigenvalue weighted by molar-refractivity contribution is -0.384. The Kier molecular flexibility index (Phi) is 5.46. The van der Waals surface area contributed by atoms with Crippen LogP contribution in [-0.4, -0.2) is 20.6 Å². The van der Waals surface area contributed by atoms with E-state index >= 15 is 0 Å². The predicted molar refractivity (Wildman–Crippen MR) is 98.2 cm³/mol. The summed E-state index contributed by atoms with van der Waals surface area (Å²) < 4.78 is 7.33. The van der Waals surface area contributed by atoms with E-state index in [0.717, 1.165) is 11.3 Å². The zero-order chi connectivity index (χ0) is 19.2. The van der Waals surface area contributed by atoms with Crippen molar-refractivity contribution in [3.63, 3.8) is 0 Å². The number of nitro benzene ring substituents is 1. The smallest absolute Gasteiger partial charge is 0.269 e. The maximum absolute atomic E-state index is 12.3. The van der Waals surface area contributed by atoms with Gasteiger partial charge in [0.1, 0.15) is 12.4 Å². The van der Waals surface area contributed by atoms with Crippen LogP contribution in [0.15, 0.2) is 60.8 Å². The first-order valence-corrected chi connectivity index (χ1v) is 8.24. The van der Waals surface area contributed by atoms with E-state index in [4.69, 9.17) is 4.74 Å². The molecule has 1 amide bonds. The summed E-state index contributed by atoms with van der Waals surface area (Å²) in [5.41, 5.74) is 2.26. The maximum Gasteiger partial charge on any atom is 0.269 e. The number of aromatic nitrogens is 2. The van der Waals surface area contributed by atoms with Gasteiger partial charge in [-0.3, -0.25) is 19.6 Å². The summed E-state index contributed by atoms with van der Waals surface area (Å²) in [5, 5.41) is 17.6. The van der Waals surface area contributed by atoms with E-state index in [1.54, 1.807) is 41.2 Å². The number of aryl methyl sites for hydroxylation is 1. The molecule has 0 fully saturated rings. The topological polar surface area (TPSA) is 99.3 Å². The van der Waals surface area contributed by atoms with Gasteiger partial charge in [0.05, 0.1) is 17.2 Å². The number of carbonyl (C=O) groups is 1. The van der Waals surface area contributed by atoms with Crippen LogP contribution in [0.25, 0.3) is 0 Å². The number of non-ortho nitro benzene ring substituents is 1. The average molecular weight is 366 g/mol. The van der Waals surface area contributed by atoms with Crippen LogP contribution >= 0.6 is 0 Å². The summed E-state index contributed by atoms with van der Waals surface area (Å²) in [6.45, 7) is 0.638. The lowest BCUT2D eigenvalue weighted by Crippen LogP contribution is -2.24. The summed E-state index contributed by atoms with van der Waals surface area (Å²) in [4.78, 5) is 22.5. The third-order valence-corrected chi connectivity index (χ3v) is 3.99. The lowest BCUT2D eigenvalue weighted by Gasteiger charge is -2.09. The van der Waals surface area contributed by atoms with Crippen molar-refractivity contribution in [2.75, 3.05) is 0 Å². The Balaban J connectivity index is 1.58. The Morgan fingerprint density at radius 2 is 2.00 bits per heavy atom. The molecule has 0 radical (unpaired) electrons. The highest BCUT2D eigenvalue weighted by Gasteiger charge is 2.08. The molecule has 0 saturated heterocycles. The van der Waals surface area contributed by atoms with Crippen LogP contribution < -0.4 is 10.1 Å². The minimum atomic E-state index is -0.461. The molecule has 0 saturated carbocycles. The molecule has 3 rings (SSSR count). The first kappa shape index (κ1) is 18.1. The van der Waals surface area contributed by atoms with Gasteiger partial charge >= 0.3 is 0 Å². The molecule has 1 aromatic heterocycles. The monoisotopic (exact) mass is 366 g/mol. The molecule has 0 atom stereocenters. The van der Waals surface area contributed by atoms with Crippen molar-refractivity contribution in [3.8, 4) is 5.75 Å². The van der Waals surface area contributed by atoms with E-state index in [1.807, 2.05) is 19.2 Å². The standard InChI is InChI=1S/C19H18N4O4/c1-22-17(9-10-21-22)12-20-19(24)15-4-2-3-14(11-15)13-27-18-7-5-16(6-8-18)23(25)26/h2-11H,12-13H2,1H3,(H,20,24). The van der Waals surface area contributed by atoms with Gasteiger partial charge in [-0.25, -0.2) is 0 Å². The number of hydrogen-bond acceptors (Lipinski definition) is 5. The van der Waals surface area contributed by atoms with Crippen molar-refractivity contribution in [1.29, 1.82) is 0 Å². The van der Waals surface area contributed by atoms with Crippen LogP contribution in [0.3, 0.4) is 0 Å². The molecule has 0 aliphatic heterocycles. The van der Waals surface area contributed by atoms with Gasteiger partial charge in [0.2, 0.25) is 0 Å². The number of nitrogens with one attached hydrogen (secondary N) is 1. The summed E-state index contributed by atoms with van der Waals surface area (Å²) >= 11 is 0. The fraction of sp³-hybridized carbons (Fsp3) is 0.158. The first-order valence-electron chi connectivity index (χ1n) is 8.24. The summed E-state index contributed by atoms with van der Waals surface area (Å²) in [7, 11) is 1.82. The van der Waals surface area contributed by atoms with Crippen LogP contribution in [0.1, 0.15) is 21.6 Å². The molecule has 0 aliphatic rings. The molecule has 8 nitrogen and oxygen atoms in total. The van der Waals surface area contributed by atoms with Crippen molar-refractivity contribution in [2.45, 2.75) is 13.2 Å². The van der Waals surface area contributed by atoms with E-state index in [1.165, 1.54) is 12.1 Å². The Morgan fingerprint density at radius 3 is 2.67 bits per heavy atom. The molecular weight excluding hydrogens is 348 g/mol. The molecule has 0 unspecified atom stereocenters. The lowest BCUT2D eigenvalue weighted by atomic mass is 10.1. The van der Waals surface area contributed by atoms with Crippen LogP contribution in [-0.2, 0) is 20.2 Å². The molecule has 1 heterocycles. The number of benzene rings is 2. The molecule has 8 heteroatoms. The fourth-order valence-electron chi connectivity index (χ4n) is 2.48. The van der Waals surface area contributed by atoms with Gasteiger partial charge in [0.25, 0.3) is 11.6 Å². The molecule has 3 aromatic rings. The molecule has 1 N–H and O–H groups in total. The number of ether oxygens (including phenoxy) is 1. The normalized spacial score (nSPS) is 10.4. The first-order chi connectivity index (χ1) is 13.0. The van der Waals surface area contributed by atoms with Gasteiger partial charge in [-0.1, -0.05) is 12.1 Å². The zero-order valence-corrected chi connectivity index (χ0v) is 14.7. The highest BCUT2D eigenvalue weighted by molar-refractivity contribution is 5.94. The van der Waals surface area contributed by atoms with Gasteiger partial charge in [-0.05, 0) is 35.9 Å². The van der Waals surface area contributed by atoms with E-state index < -0.39 is 4.92 Å². The second kappa shape index (κ2) is 8.13.